The van der Waals surface area contributed by atoms with Gasteiger partial charge in [0.15, 0.2) is 0 Å². The Morgan fingerprint density at radius 1 is 0.882 bits per heavy atom. The summed E-state index contributed by atoms with van der Waals surface area (Å²) < 4.78 is 13.2. The van der Waals surface area contributed by atoms with Gasteiger partial charge in [0, 0.05) is 45.8 Å². The second kappa shape index (κ2) is 13.2. The van der Waals surface area contributed by atoms with Crippen LogP contribution in [0, 0.1) is 5.82 Å². The van der Waals surface area contributed by atoms with Crippen molar-refractivity contribution in [2.45, 2.75) is 18.4 Å². The van der Waals surface area contributed by atoms with Gasteiger partial charge in [0.25, 0.3) is 0 Å². The van der Waals surface area contributed by atoms with E-state index in [4.69, 9.17) is 0 Å². The van der Waals surface area contributed by atoms with Crippen molar-refractivity contribution < 1.29 is 14.3 Å². The van der Waals surface area contributed by atoms with Crippen molar-refractivity contribution in [3.8, 4) is 0 Å². The molecule has 0 atom stereocenters. The molecule has 4 rings (SSSR count). The number of piperazine rings is 1. The van der Waals surface area contributed by atoms with Crippen LogP contribution in [0.25, 0.3) is 6.08 Å². The Labute approximate surface area is 214 Å². The maximum absolute atomic E-state index is 13.2. The van der Waals surface area contributed by atoms with Crippen LogP contribution in [0.2, 0.25) is 0 Å². The highest BCUT2D eigenvalue weighted by Crippen LogP contribution is 2.32. The van der Waals surface area contributed by atoms with E-state index in [1.807, 2.05) is 23.1 Å². The number of rotatable bonds is 6. The number of nitrogens with zero attached hydrogens (tertiary/aromatic N) is 3. The molecule has 2 aromatic rings. The Morgan fingerprint density at radius 3 is 2.12 bits per heavy atom. The Hall–Kier alpha value is -1.96. The van der Waals surface area contributed by atoms with Crippen molar-refractivity contribution in [1.29, 1.82) is 0 Å². The molecule has 186 valence electrons. The molecule has 0 aliphatic carbocycles. The predicted octanol–water partition coefficient (Wildman–Crippen LogP) is 3.81. The van der Waals surface area contributed by atoms with Crippen molar-refractivity contribution in [3.05, 3.63) is 77.6 Å². The molecule has 2 aliphatic heterocycles. The average molecular weight is 510 g/mol. The summed E-state index contributed by atoms with van der Waals surface area (Å²) >= 11 is 0. The molecular formula is C26H34Cl2FN3O2. The van der Waals surface area contributed by atoms with Gasteiger partial charge in [0.1, 0.15) is 5.82 Å². The first-order chi connectivity index (χ1) is 15.5. The van der Waals surface area contributed by atoms with Crippen LogP contribution >= 0.6 is 24.8 Å². The van der Waals surface area contributed by atoms with Crippen LogP contribution in [0.3, 0.4) is 0 Å². The number of aliphatic hydroxyl groups is 1. The number of carbonyl (C=O) groups excluding carboxylic acids is 1. The Bertz CT molecular complexity index is 911. The van der Waals surface area contributed by atoms with Crippen LogP contribution in [0.15, 0.2) is 60.7 Å². The summed E-state index contributed by atoms with van der Waals surface area (Å²) in [4.78, 5) is 19.2. The van der Waals surface area contributed by atoms with E-state index in [1.54, 1.807) is 12.1 Å². The number of likely N-dealkylation sites (tertiary alicyclic amines) is 1. The number of benzene rings is 2. The van der Waals surface area contributed by atoms with Crippen molar-refractivity contribution >= 4 is 36.8 Å². The van der Waals surface area contributed by atoms with E-state index in [0.29, 0.717) is 32.5 Å². The highest BCUT2D eigenvalue weighted by Gasteiger charge is 2.35. The van der Waals surface area contributed by atoms with E-state index in [2.05, 4.69) is 34.1 Å². The zero-order valence-electron chi connectivity index (χ0n) is 19.3. The molecule has 2 fully saturated rings. The second-order valence-electron chi connectivity index (χ2n) is 8.81. The van der Waals surface area contributed by atoms with Gasteiger partial charge in [-0.1, -0.05) is 54.6 Å². The van der Waals surface area contributed by atoms with Crippen LogP contribution in [-0.2, 0) is 10.4 Å². The topological polar surface area (TPSA) is 47.0 Å². The minimum absolute atomic E-state index is 0. The monoisotopic (exact) mass is 509 g/mol. The molecule has 1 N–H and O–H groups in total. The van der Waals surface area contributed by atoms with Crippen molar-refractivity contribution in [2.24, 2.45) is 0 Å². The molecule has 2 saturated heterocycles. The van der Waals surface area contributed by atoms with E-state index in [-0.39, 0.29) is 36.5 Å². The summed E-state index contributed by atoms with van der Waals surface area (Å²) in [5, 5.41) is 11.0. The van der Waals surface area contributed by atoms with Crippen molar-refractivity contribution in [3.63, 3.8) is 0 Å². The Balaban J connectivity index is 0.00000204. The molecule has 0 unspecified atom stereocenters. The lowest BCUT2D eigenvalue weighted by atomic mass is 9.84. The highest BCUT2D eigenvalue weighted by molar-refractivity contribution is 5.85. The molecular weight excluding hydrogens is 476 g/mol. The third kappa shape index (κ3) is 7.52. The lowest BCUT2D eigenvalue weighted by Gasteiger charge is -2.40. The number of hydrogen-bond donors (Lipinski definition) is 1. The Morgan fingerprint density at radius 2 is 1.50 bits per heavy atom. The number of piperidine rings is 1. The zero-order chi connectivity index (χ0) is 22.4. The van der Waals surface area contributed by atoms with Crippen molar-refractivity contribution in [2.75, 3.05) is 52.4 Å². The average Bonchev–Trinajstić information content (AvgIpc) is 2.82. The summed E-state index contributed by atoms with van der Waals surface area (Å²) in [5.41, 5.74) is 1.02. The van der Waals surface area contributed by atoms with E-state index in [0.717, 1.165) is 38.3 Å². The van der Waals surface area contributed by atoms with Gasteiger partial charge in [-0.2, -0.15) is 0 Å². The number of amides is 1. The molecule has 2 aliphatic rings. The largest absolute Gasteiger partial charge is 0.385 e. The number of carbonyl (C=O) groups is 1. The van der Waals surface area contributed by atoms with Gasteiger partial charge in [0.2, 0.25) is 5.91 Å². The molecule has 0 spiro atoms. The highest BCUT2D eigenvalue weighted by atomic mass is 35.5. The van der Waals surface area contributed by atoms with E-state index in [9.17, 15) is 14.3 Å². The molecule has 8 heteroatoms. The first kappa shape index (κ1) is 28.3. The normalized spacial score (nSPS) is 18.8. The molecule has 0 bridgehead atoms. The van der Waals surface area contributed by atoms with Crippen LogP contribution in [0.4, 0.5) is 4.39 Å². The SMILES string of the molecule is Cl.Cl.O=C(CN1CCC(O)(c2ccc(F)cc2)CC1)N1CCN(C/C=C/c2ccccc2)CC1. The van der Waals surface area contributed by atoms with Gasteiger partial charge >= 0.3 is 0 Å². The van der Waals surface area contributed by atoms with Crippen molar-refractivity contribution in [1.82, 2.24) is 14.7 Å². The van der Waals surface area contributed by atoms with Gasteiger partial charge in [0.05, 0.1) is 12.1 Å². The fourth-order valence-corrected chi connectivity index (χ4v) is 4.50. The van der Waals surface area contributed by atoms with E-state index >= 15 is 0 Å². The first-order valence-corrected chi connectivity index (χ1v) is 11.4. The molecule has 2 aromatic carbocycles. The third-order valence-electron chi connectivity index (χ3n) is 6.62. The molecule has 0 aromatic heterocycles. The molecule has 1 amide bonds. The van der Waals surface area contributed by atoms with Crippen LogP contribution in [0.5, 0.6) is 0 Å². The smallest absolute Gasteiger partial charge is 0.236 e. The van der Waals surface area contributed by atoms with Gasteiger partial charge in [-0.15, -0.1) is 24.8 Å². The van der Waals surface area contributed by atoms with Crippen LogP contribution in [-0.4, -0.2) is 78.1 Å². The zero-order valence-corrected chi connectivity index (χ0v) is 20.9. The van der Waals surface area contributed by atoms with Crippen LogP contribution in [0.1, 0.15) is 24.0 Å². The predicted molar refractivity (Wildman–Crippen MR) is 139 cm³/mol. The standard InChI is InChI=1S/C26H32FN3O2.2ClH/c27-24-10-8-23(9-11-24)26(32)12-15-29(16-13-26)21-25(31)30-19-17-28(18-20-30)14-4-7-22-5-2-1-3-6-22;;/h1-11,32H,12-21H2;2*1H/b7-4+;;. The Kier molecular flexibility index (Phi) is 11.0. The quantitative estimate of drug-likeness (QED) is 0.643. The summed E-state index contributed by atoms with van der Waals surface area (Å²) in [6.07, 6.45) is 5.42. The van der Waals surface area contributed by atoms with Gasteiger partial charge in [-0.05, 0) is 36.1 Å². The first-order valence-electron chi connectivity index (χ1n) is 11.4. The summed E-state index contributed by atoms with van der Waals surface area (Å²) in [6.45, 7) is 5.88. The minimum atomic E-state index is -0.938. The minimum Gasteiger partial charge on any atom is -0.385 e. The van der Waals surface area contributed by atoms with E-state index in [1.165, 1.54) is 17.7 Å². The lowest BCUT2D eigenvalue weighted by Crippen LogP contribution is -2.52. The third-order valence-corrected chi connectivity index (χ3v) is 6.62. The lowest BCUT2D eigenvalue weighted by molar-refractivity contribution is -0.135. The number of hydrogen-bond acceptors (Lipinski definition) is 4. The van der Waals surface area contributed by atoms with Gasteiger partial charge in [-0.3, -0.25) is 14.6 Å². The van der Waals surface area contributed by atoms with Gasteiger partial charge < -0.3 is 10.0 Å². The molecule has 0 saturated carbocycles. The number of halogens is 3. The molecule has 34 heavy (non-hydrogen) atoms. The molecule has 5 nitrogen and oxygen atoms in total. The second-order valence-corrected chi connectivity index (χ2v) is 8.81. The summed E-state index contributed by atoms with van der Waals surface area (Å²) in [5.74, 6) is -0.135. The van der Waals surface area contributed by atoms with E-state index < -0.39 is 5.60 Å². The van der Waals surface area contributed by atoms with Gasteiger partial charge in [-0.25, -0.2) is 4.39 Å². The summed E-state index contributed by atoms with van der Waals surface area (Å²) in [6, 6.07) is 16.4. The summed E-state index contributed by atoms with van der Waals surface area (Å²) in [7, 11) is 0. The van der Waals surface area contributed by atoms with Crippen LogP contribution < -0.4 is 0 Å². The maximum Gasteiger partial charge on any atom is 0.236 e. The fourth-order valence-electron chi connectivity index (χ4n) is 4.50. The maximum atomic E-state index is 13.2. The molecule has 2 heterocycles. The fraction of sp³-hybridized carbons (Fsp3) is 0.423. The molecule has 0 radical (unpaired) electrons.